The summed E-state index contributed by atoms with van der Waals surface area (Å²) in [5, 5.41) is 8.39. The van der Waals surface area contributed by atoms with Crippen LogP contribution in [0.15, 0.2) is 100 Å². The van der Waals surface area contributed by atoms with Gasteiger partial charge in [-0.2, -0.15) is 9.97 Å². The van der Waals surface area contributed by atoms with E-state index >= 15 is 0 Å². The van der Waals surface area contributed by atoms with Gasteiger partial charge in [-0.1, -0.05) is 64.1 Å². The average Bonchev–Trinajstić information content (AvgIpc) is 3.77. The maximum Gasteiger partial charge on any atom is 0.573 e. The maximum atomic E-state index is 12.5. The lowest BCUT2D eigenvalue weighted by atomic mass is 10.1. The summed E-state index contributed by atoms with van der Waals surface area (Å²) in [5.41, 5.74) is 3.44. The summed E-state index contributed by atoms with van der Waals surface area (Å²) < 4.78 is 51.8. The van der Waals surface area contributed by atoms with Gasteiger partial charge in [-0.15, -0.1) is 13.2 Å². The first-order chi connectivity index (χ1) is 23.7. The van der Waals surface area contributed by atoms with Gasteiger partial charge in [-0.05, 0) is 72.9 Å². The molecule has 0 radical (unpaired) electrons. The molecule has 4 heterocycles. The van der Waals surface area contributed by atoms with E-state index in [-0.39, 0.29) is 23.0 Å². The molecule has 13 heteroatoms. The fourth-order valence-electron chi connectivity index (χ4n) is 4.15. The van der Waals surface area contributed by atoms with Gasteiger partial charge in [-0.3, -0.25) is 0 Å². The summed E-state index contributed by atoms with van der Waals surface area (Å²) >= 11 is 6.02. The first-order valence-electron chi connectivity index (χ1n) is 14.8. The predicted octanol–water partition coefficient (Wildman–Crippen LogP) is 8.09. The Morgan fingerprint density at radius 2 is 1.27 bits per heavy atom. The number of benzene rings is 2. The van der Waals surface area contributed by atoms with Crippen molar-refractivity contribution in [2.75, 3.05) is 0 Å². The highest BCUT2D eigenvalue weighted by atomic mass is 35.5. The zero-order chi connectivity index (χ0) is 34.5. The molecule has 4 aromatic heterocycles. The van der Waals surface area contributed by atoms with Crippen molar-refractivity contribution in [2.24, 2.45) is 0 Å². The zero-order valence-corrected chi connectivity index (χ0v) is 26.7. The van der Waals surface area contributed by atoms with E-state index in [4.69, 9.17) is 20.6 Å². The Labute approximate surface area is 284 Å². The Hall–Kier alpha value is -5.98. The van der Waals surface area contributed by atoms with Crippen LogP contribution in [0.2, 0.25) is 5.02 Å². The highest BCUT2D eigenvalue weighted by Crippen LogP contribution is 2.32. The molecule has 0 bridgehead atoms. The van der Waals surface area contributed by atoms with Crippen LogP contribution < -0.4 is 4.74 Å². The van der Waals surface area contributed by atoms with Crippen LogP contribution >= 0.6 is 11.6 Å². The number of ether oxygens (including phenoxy) is 1. The van der Waals surface area contributed by atoms with E-state index in [1.54, 1.807) is 30.6 Å². The smallest absolute Gasteiger partial charge is 0.405 e. The molecule has 0 unspecified atom stereocenters. The second-order valence-corrected chi connectivity index (χ2v) is 10.5. The van der Waals surface area contributed by atoms with Crippen molar-refractivity contribution in [3.63, 3.8) is 0 Å². The lowest BCUT2D eigenvalue weighted by Gasteiger charge is -2.10. The number of pyridine rings is 2. The van der Waals surface area contributed by atoms with Gasteiger partial charge in [0.25, 0.3) is 0 Å². The first-order valence-corrected chi connectivity index (χ1v) is 15.2. The minimum absolute atomic E-state index is 0.0255. The van der Waals surface area contributed by atoms with Crippen molar-refractivity contribution in [3.05, 3.63) is 125 Å². The van der Waals surface area contributed by atoms with Gasteiger partial charge < -0.3 is 13.8 Å². The number of rotatable bonds is 7. The zero-order valence-electron chi connectivity index (χ0n) is 25.9. The Morgan fingerprint density at radius 1 is 0.714 bits per heavy atom. The monoisotopic (exact) mass is 682 g/mol. The standard InChI is InChI=1S/C18H14ClN3O.C18H12F3N3O2/c1-13-9-10-14(19)12-16(13)18-21-17(23-22-18)8-3-2-6-15-7-4-5-11-20-15;19-18(20,21)25-15-10-3-2-9-14(15)17-23-16(26-24-17)11-4-1-7-13-8-5-6-12-22-13/h4-5,7,9-12H,3,8H2,1H3;2-3,5-6,8-10,12H,4,11H2. The Bertz CT molecular complexity index is 2100. The van der Waals surface area contributed by atoms with Crippen molar-refractivity contribution in [1.29, 1.82) is 0 Å². The highest BCUT2D eigenvalue weighted by Gasteiger charge is 2.32. The topological polar surface area (TPSA) is 113 Å². The van der Waals surface area contributed by atoms with Crippen LogP contribution in [0.25, 0.3) is 22.8 Å². The molecule has 6 aromatic rings. The van der Waals surface area contributed by atoms with Crippen LogP contribution in [-0.4, -0.2) is 36.6 Å². The molecule has 0 aliphatic rings. The van der Waals surface area contributed by atoms with Crippen molar-refractivity contribution in [3.8, 4) is 52.2 Å². The molecule has 0 N–H and O–H groups in total. The number of nitrogens with zero attached hydrogens (tertiary/aromatic N) is 6. The van der Waals surface area contributed by atoms with E-state index in [0.29, 0.717) is 48.1 Å². The van der Waals surface area contributed by atoms with E-state index in [9.17, 15) is 13.2 Å². The number of hydrogen-bond donors (Lipinski definition) is 0. The molecule has 0 fully saturated rings. The number of aryl methyl sites for hydroxylation is 3. The van der Waals surface area contributed by atoms with E-state index in [2.05, 4.69) is 58.7 Å². The predicted molar refractivity (Wildman–Crippen MR) is 175 cm³/mol. The number of aromatic nitrogens is 6. The molecular formula is C36H26ClF3N6O3. The van der Waals surface area contributed by atoms with Crippen LogP contribution in [0, 0.1) is 30.6 Å². The van der Waals surface area contributed by atoms with Crippen molar-refractivity contribution in [1.82, 2.24) is 30.2 Å². The second-order valence-electron chi connectivity index (χ2n) is 10.1. The molecule has 6 rings (SSSR count). The average molecular weight is 683 g/mol. The van der Waals surface area contributed by atoms with E-state index in [0.717, 1.165) is 16.8 Å². The van der Waals surface area contributed by atoms with Crippen molar-refractivity contribution in [2.45, 2.75) is 39.0 Å². The van der Waals surface area contributed by atoms with Crippen molar-refractivity contribution >= 4 is 11.6 Å². The summed E-state index contributed by atoms with van der Waals surface area (Å²) in [4.78, 5) is 16.7. The molecule has 9 nitrogen and oxygen atoms in total. The normalized spacial score (nSPS) is 10.6. The Kier molecular flexibility index (Phi) is 11.7. The number of para-hydroxylation sites is 1. The van der Waals surface area contributed by atoms with E-state index in [1.165, 1.54) is 18.2 Å². The first kappa shape index (κ1) is 34.4. The minimum atomic E-state index is -4.80. The third-order valence-corrected chi connectivity index (χ3v) is 6.66. The van der Waals surface area contributed by atoms with Crippen LogP contribution in [0.1, 0.15) is 41.6 Å². The molecule has 0 spiro atoms. The summed E-state index contributed by atoms with van der Waals surface area (Å²) in [6.07, 6.45) is 0.618. The molecule has 2 aromatic carbocycles. The molecule has 0 amide bonds. The molecule has 0 saturated carbocycles. The summed E-state index contributed by atoms with van der Waals surface area (Å²) in [6.45, 7) is 1.99. The van der Waals surface area contributed by atoms with Crippen molar-refractivity contribution < 1.29 is 27.0 Å². The SMILES string of the molecule is Cc1ccc(Cl)cc1-c1noc(CCC#Cc2ccccn2)n1.FC(F)(F)Oc1ccccc1-c1noc(CCC#Cc2ccccn2)n1. The number of halogens is 4. The molecule has 246 valence electrons. The fraction of sp³-hybridized carbons (Fsp3) is 0.167. The van der Waals surface area contributed by atoms with Crippen LogP contribution in [-0.2, 0) is 12.8 Å². The quantitative estimate of drug-likeness (QED) is 0.154. The lowest BCUT2D eigenvalue weighted by Crippen LogP contribution is -2.17. The largest absolute Gasteiger partial charge is 0.573 e. The van der Waals surface area contributed by atoms with E-state index < -0.39 is 6.36 Å². The van der Waals surface area contributed by atoms with Gasteiger partial charge in [0.1, 0.15) is 17.1 Å². The highest BCUT2D eigenvalue weighted by molar-refractivity contribution is 6.30. The van der Waals surface area contributed by atoms with Gasteiger partial charge in [0.05, 0.1) is 5.56 Å². The fourth-order valence-corrected chi connectivity index (χ4v) is 4.32. The molecular weight excluding hydrogens is 657 g/mol. The second kappa shape index (κ2) is 16.7. The van der Waals surface area contributed by atoms with Crippen LogP contribution in [0.4, 0.5) is 13.2 Å². The van der Waals surface area contributed by atoms with Crippen LogP contribution in [0.5, 0.6) is 5.75 Å². The number of hydrogen-bond acceptors (Lipinski definition) is 9. The van der Waals surface area contributed by atoms with Gasteiger partial charge in [0.2, 0.25) is 23.4 Å². The molecule has 0 saturated heterocycles. The number of alkyl halides is 3. The van der Waals surface area contributed by atoms with Gasteiger partial charge in [0.15, 0.2) is 0 Å². The molecule has 0 aliphatic carbocycles. The lowest BCUT2D eigenvalue weighted by molar-refractivity contribution is -0.274. The molecule has 0 aliphatic heterocycles. The van der Waals surface area contributed by atoms with Gasteiger partial charge >= 0.3 is 6.36 Å². The maximum absolute atomic E-state index is 12.5. The third-order valence-electron chi connectivity index (χ3n) is 6.42. The summed E-state index contributed by atoms with van der Waals surface area (Å²) in [5.74, 6) is 12.9. The molecule has 0 atom stereocenters. The van der Waals surface area contributed by atoms with Crippen LogP contribution in [0.3, 0.4) is 0 Å². The summed E-state index contributed by atoms with van der Waals surface area (Å²) in [7, 11) is 0. The van der Waals surface area contributed by atoms with Gasteiger partial charge in [-0.25, -0.2) is 9.97 Å². The van der Waals surface area contributed by atoms with E-state index in [1.807, 2.05) is 49.4 Å². The third kappa shape index (κ3) is 10.8. The Morgan fingerprint density at radius 3 is 1.82 bits per heavy atom. The minimum Gasteiger partial charge on any atom is -0.405 e. The summed E-state index contributed by atoms with van der Waals surface area (Å²) in [6, 6.07) is 22.3. The van der Waals surface area contributed by atoms with Gasteiger partial charge in [0, 0.05) is 48.7 Å². The Balaban J connectivity index is 0.000000192. The molecule has 49 heavy (non-hydrogen) atoms.